The molecule has 1 aromatic heterocycles. The van der Waals surface area contributed by atoms with Crippen molar-refractivity contribution in [2.75, 3.05) is 0 Å². The van der Waals surface area contributed by atoms with E-state index >= 15 is 0 Å². The van der Waals surface area contributed by atoms with Crippen molar-refractivity contribution in [2.45, 2.75) is 37.6 Å². The summed E-state index contributed by atoms with van der Waals surface area (Å²) in [5.74, 6) is -1.53. The Morgan fingerprint density at radius 1 is 1.18 bits per heavy atom. The summed E-state index contributed by atoms with van der Waals surface area (Å²) in [5, 5.41) is 39.9. The SMILES string of the molecule is C[C@]12C[C@@H](C#N)[C@](C)(O1)c1c2c(O)n(-c2ccc(C#N)c(C(F)(F)F)c2)c1O. The van der Waals surface area contributed by atoms with Crippen LogP contribution in [0.3, 0.4) is 0 Å². The van der Waals surface area contributed by atoms with E-state index in [1.807, 2.05) is 0 Å². The van der Waals surface area contributed by atoms with Gasteiger partial charge >= 0.3 is 6.18 Å². The highest BCUT2D eigenvalue weighted by molar-refractivity contribution is 5.62. The van der Waals surface area contributed by atoms with Gasteiger partial charge in [0.15, 0.2) is 0 Å². The van der Waals surface area contributed by atoms with Gasteiger partial charge in [-0.15, -0.1) is 0 Å². The average Bonchev–Trinajstić information content (AvgIpc) is 3.14. The summed E-state index contributed by atoms with van der Waals surface area (Å²) in [6.07, 6.45) is -4.50. The van der Waals surface area contributed by atoms with E-state index in [0.717, 1.165) is 10.6 Å². The molecule has 0 radical (unpaired) electrons. The summed E-state index contributed by atoms with van der Waals surface area (Å²) < 4.78 is 46.8. The molecule has 2 N–H and O–H groups in total. The number of alkyl halides is 3. The molecule has 2 aliphatic heterocycles. The Morgan fingerprint density at radius 2 is 1.82 bits per heavy atom. The minimum absolute atomic E-state index is 0.157. The molecule has 6 nitrogen and oxygen atoms in total. The molecule has 1 fully saturated rings. The maximum absolute atomic E-state index is 13.3. The largest absolute Gasteiger partial charge is 0.494 e. The second kappa shape index (κ2) is 5.21. The Labute approximate surface area is 157 Å². The monoisotopic (exact) mass is 389 g/mol. The van der Waals surface area contributed by atoms with Crippen LogP contribution in [0.1, 0.15) is 42.5 Å². The van der Waals surface area contributed by atoms with Gasteiger partial charge in [-0.2, -0.15) is 23.7 Å². The molecule has 1 saturated heterocycles. The Morgan fingerprint density at radius 3 is 2.39 bits per heavy atom. The quantitative estimate of drug-likeness (QED) is 0.773. The molecule has 0 unspecified atom stereocenters. The summed E-state index contributed by atoms with van der Waals surface area (Å²) in [7, 11) is 0. The minimum Gasteiger partial charge on any atom is -0.494 e. The van der Waals surface area contributed by atoms with Gasteiger partial charge < -0.3 is 14.9 Å². The molecule has 4 rings (SSSR count). The number of nitrogens with zero attached hydrogens (tertiary/aromatic N) is 3. The van der Waals surface area contributed by atoms with Crippen molar-refractivity contribution in [2.24, 2.45) is 5.92 Å². The lowest BCUT2D eigenvalue weighted by Gasteiger charge is -2.24. The third-order valence-electron chi connectivity index (χ3n) is 5.68. The van der Waals surface area contributed by atoms with E-state index < -0.39 is 46.2 Å². The van der Waals surface area contributed by atoms with E-state index in [-0.39, 0.29) is 23.2 Å². The number of hydrogen-bond donors (Lipinski definition) is 2. The molecule has 0 saturated carbocycles. The van der Waals surface area contributed by atoms with E-state index in [2.05, 4.69) is 6.07 Å². The molecular formula is C19H14F3N3O3. The Hall–Kier alpha value is -3.17. The Bertz CT molecular complexity index is 1110. The zero-order valence-electron chi connectivity index (χ0n) is 14.8. The van der Waals surface area contributed by atoms with E-state index in [1.165, 1.54) is 12.1 Å². The van der Waals surface area contributed by atoms with E-state index in [0.29, 0.717) is 6.07 Å². The lowest BCUT2D eigenvalue weighted by molar-refractivity contribution is -0.137. The number of nitriles is 2. The third kappa shape index (κ3) is 2.05. The van der Waals surface area contributed by atoms with Crippen LogP contribution in [-0.4, -0.2) is 14.8 Å². The lowest BCUT2D eigenvalue weighted by atomic mass is 9.73. The van der Waals surface area contributed by atoms with Crippen LogP contribution in [0.2, 0.25) is 0 Å². The third-order valence-corrected chi connectivity index (χ3v) is 5.68. The second-order valence-electron chi connectivity index (χ2n) is 7.40. The molecule has 0 spiro atoms. The lowest BCUT2D eigenvalue weighted by Crippen LogP contribution is -2.27. The molecule has 9 heteroatoms. The maximum Gasteiger partial charge on any atom is 0.417 e. The zero-order chi connectivity index (χ0) is 20.6. The highest BCUT2D eigenvalue weighted by atomic mass is 19.4. The number of ether oxygens (including phenoxy) is 1. The van der Waals surface area contributed by atoms with Crippen LogP contribution in [0.15, 0.2) is 18.2 Å². The van der Waals surface area contributed by atoms with Gasteiger partial charge in [-0.1, -0.05) is 0 Å². The predicted octanol–water partition coefficient (Wildman–Crippen LogP) is 3.78. The Balaban J connectivity index is 1.98. The fraction of sp³-hybridized carbons (Fsp3) is 0.368. The zero-order valence-corrected chi connectivity index (χ0v) is 14.8. The van der Waals surface area contributed by atoms with Crippen LogP contribution < -0.4 is 0 Å². The predicted molar refractivity (Wildman–Crippen MR) is 88.3 cm³/mol. The number of hydrogen-bond acceptors (Lipinski definition) is 5. The summed E-state index contributed by atoms with van der Waals surface area (Å²) in [6, 6.07) is 6.50. The van der Waals surface area contributed by atoms with Gasteiger partial charge in [0.2, 0.25) is 11.8 Å². The van der Waals surface area contributed by atoms with E-state index in [4.69, 9.17) is 10.00 Å². The number of rotatable bonds is 1. The Kier molecular flexibility index (Phi) is 3.39. The van der Waals surface area contributed by atoms with Gasteiger partial charge in [0, 0.05) is 0 Å². The van der Waals surface area contributed by atoms with Gasteiger partial charge in [0.05, 0.1) is 51.6 Å². The van der Waals surface area contributed by atoms with Crippen molar-refractivity contribution in [1.82, 2.24) is 4.57 Å². The van der Waals surface area contributed by atoms with Crippen molar-refractivity contribution in [3.8, 4) is 29.6 Å². The summed E-state index contributed by atoms with van der Waals surface area (Å²) >= 11 is 0. The van der Waals surface area contributed by atoms with Crippen LogP contribution in [-0.2, 0) is 22.1 Å². The van der Waals surface area contributed by atoms with E-state index in [1.54, 1.807) is 13.8 Å². The van der Waals surface area contributed by atoms with Crippen molar-refractivity contribution in [1.29, 1.82) is 10.5 Å². The number of aromatic nitrogens is 1. The molecular weight excluding hydrogens is 375 g/mol. The molecule has 144 valence electrons. The molecule has 0 amide bonds. The average molecular weight is 389 g/mol. The standard InChI is InChI=1S/C19H14F3N3O3/c1-17-6-10(8-24)18(2,28-17)14-13(17)15(26)25(16(14)27)11-4-3-9(7-23)12(5-11)19(20,21)22/h3-5,10,26-27H,6H2,1-2H3/t10-,17+,18-/m0/s1. The van der Waals surface area contributed by atoms with Crippen LogP contribution >= 0.6 is 0 Å². The first kappa shape index (κ1) is 18.2. The molecule has 1 aromatic carbocycles. The summed E-state index contributed by atoms with van der Waals surface area (Å²) in [5.41, 5.74) is -3.67. The van der Waals surface area contributed by atoms with Crippen molar-refractivity contribution >= 4 is 0 Å². The van der Waals surface area contributed by atoms with Crippen LogP contribution in [0.4, 0.5) is 13.2 Å². The summed E-state index contributed by atoms with van der Waals surface area (Å²) in [4.78, 5) is 0. The molecule has 3 heterocycles. The molecule has 2 aliphatic rings. The van der Waals surface area contributed by atoms with Gasteiger partial charge in [0.25, 0.3) is 0 Å². The van der Waals surface area contributed by atoms with Crippen LogP contribution in [0.25, 0.3) is 5.69 Å². The fourth-order valence-electron chi connectivity index (χ4n) is 4.48. The highest BCUT2D eigenvalue weighted by Gasteiger charge is 2.64. The number of halogens is 3. The second-order valence-corrected chi connectivity index (χ2v) is 7.40. The first-order chi connectivity index (χ1) is 13.0. The van der Waals surface area contributed by atoms with Gasteiger partial charge in [-0.05, 0) is 38.5 Å². The summed E-state index contributed by atoms with van der Waals surface area (Å²) in [6.45, 7) is 3.28. The normalized spacial score (nSPS) is 28.0. The van der Waals surface area contributed by atoms with Crippen molar-refractivity contribution in [3.05, 3.63) is 40.5 Å². The van der Waals surface area contributed by atoms with Gasteiger partial charge in [-0.3, -0.25) is 4.57 Å². The maximum atomic E-state index is 13.3. The molecule has 3 atom stereocenters. The molecule has 2 bridgehead atoms. The first-order valence-corrected chi connectivity index (χ1v) is 8.37. The molecule has 2 aromatic rings. The van der Waals surface area contributed by atoms with Crippen LogP contribution in [0.5, 0.6) is 11.8 Å². The molecule has 28 heavy (non-hydrogen) atoms. The number of fused-ring (bicyclic) bond motifs is 5. The van der Waals surface area contributed by atoms with Gasteiger partial charge in [0.1, 0.15) is 5.60 Å². The number of aromatic hydroxyl groups is 2. The molecule has 0 aliphatic carbocycles. The van der Waals surface area contributed by atoms with E-state index in [9.17, 15) is 28.6 Å². The van der Waals surface area contributed by atoms with Crippen molar-refractivity contribution < 1.29 is 28.1 Å². The highest BCUT2D eigenvalue weighted by Crippen LogP contribution is 2.66. The topological polar surface area (TPSA) is 102 Å². The smallest absolute Gasteiger partial charge is 0.417 e. The fourth-order valence-corrected chi connectivity index (χ4v) is 4.48. The minimum atomic E-state index is -4.78. The van der Waals surface area contributed by atoms with Gasteiger partial charge in [-0.25, -0.2) is 0 Å². The van der Waals surface area contributed by atoms with Crippen LogP contribution in [0, 0.1) is 28.6 Å². The first-order valence-electron chi connectivity index (χ1n) is 8.37. The number of benzene rings is 1. The van der Waals surface area contributed by atoms with Crippen molar-refractivity contribution in [3.63, 3.8) is 0 Å².